The van der Waals surface area contributed by atoms with Crippen LogP contribution in [-0.4, -0.2) is 4.92 Å². The van der Waals surface area contributed by atoms with E-state index in [2.05, 4.69) is 15.9 Å². The summed E-state index contributed by atoms with van der Waals surface area (Å²) in [5.41, 5.74) is 6.59. The number of nitrogens with two attached hydrogens (primary N) is 1. The Bertz CT molecular complexity index is 692. The maximum absolute atomic E-state index is 10.8. The van der Waals surface area contributed by atoms with Crippen LogP contribution in [0, 0.1) is 10.1 Å². The molecule has 0 aliphatic heterocycles. The maximum Gasteiger partial charge on any atom is 0.273 e. The molecule has 21 heavy (non-hydrogen) atoms. The van der Waals surface area contributed by atoms with Crippen LogP contribution in [0.5, 0.6) is 11.5 Å². The number of rotatable bonds is 4. The summed E-state index contributed by atoms with van der Waals surface area (Å²) in [6.45, 7) is 1.82. The molecular weight excluding hydrogens is 360 g/mol. The third-order valence-electron chi connectivity index (χ3n) is 2.81. The normalized spacial score (nSPS) is 12.0. The Balaban J connectivity index is 2.43. The number of ether oxygens (including phenoxy) is 1. The van der Waals surface area contributed by atoms with Gasteiger partial charge in [0.1, 0.15) is 5.75 Å². The summed E-state index contributed by atoms with van der Waals surface area (Å²) in [7, 11) is 0. The van der Waals surface area contributed by atoms with Crippen LogP contribution in [0.1, 0.15) is 18.5 Å². The second-order valence-corrected chi connectivity index (χ2v) is 5.77. The third-order valence-corrected chi connectivity index (χ3v) is 3.61. The first-order chi connectivity index (χ1) is 9.88. The van der Waals surface area contributed by atoms with E-state index in [1.165, 1.54) is 18.2 Å². The first-order valence-electron chi connectivity index (χ1n) is 6.05. The van der Waals surface area contributed by atoms with Crippen LogP contribution in [0.3, 0.4) is 0 Å². The van der Waals surface area contributed by atoms with Crippen molar-refractivity contribution in [3.63, 3.8) is 0 Å². The number of hydrogen-bond donors (Lipinski definition) is 1. The number of benzene rings is 2. The monoisotopic (exact) mass is 370 g/mol. The van der Waals surface area contributed by atoms with Crippen molar-refractivity contribution in [2.75, 3.05) is 0 Å². The van der Waals surface area contributed by atoms with Gasteiger partial charge in [-0.15, -0.1) is 0 Å². The SMILES string of the molecule is CC(N)c1cc(Br)ccc1Oc1cc([N+](=O)[O-])ccc1Cl. The minimum Gasteiger partial charge on any atom is -0.455 e. The molecule has 7 heteroatoms. The van der Waals surface area contributed by atoms with Crippen molar-refractivity contribution in [3.8, 4) is 11.5 Å². The van der Waals surface area contributed by atoms with Crippen molar-refractivity contribution in [1.29, 1.82) is 0 Å². The molecule has 0 saturated heterocycles. The van der Waals surface area contributed by atoms with Gasteiger partial charge in [0.25, 0.3) is 5.69 Å². The molecule has 2 aromatic carbocycles. The molecule has 0 heterocycles. The molecule has 5 nitrogen and oxygen atoms in total. The van der Waals surface area contributed by atoms with E-state index in [0.717, 1.165) is 10.0 Å². The Morgan fingerprint density at radius 3 is 2.62 bits per heavy atom. The predicted octanol–water partition coefficient (Wildman–Crippen LogP) is 4.82. The molecule has 0 aromatic heterocycles. The lowest BCUT2D eigenvalue weighted by molar-refractivity contribution is -0.384. The zero-order valence-corrected chi connectivity index (χ0v) is 13.4. The summed E-state index contributed by atoms with van der Waals surface area (Å²) in [5, 5.41) is 11.1. The largest absolute Gasteiger partial charge is 0.455 e. The summed E-state index contributed by atoms with van der Waals surface area (Å²) in [6, 6.07) is 9.16. The van der Waals surface area contributed by atoms with Gasteiger partial charge in [0.2, 0.25) is 0 Å². The average Bonchev–Trinajstić information content (AvgIpc) is 2.42. The molecule has 0 aliphatic rings. The fraction of sp³-hybridized carbons (Fsp3) is 0.143. The Hall–Kier alpha value is -1.63. The number of non-ortho nitro benzene ring substituents is 1. The van der Waals surface area contributed by atoms with E-state index in [1.807, 2.05) is 13.0 Å². The molecule has 110 valence electrons. The van der Waals surface area contributed by atoms with Gasteiger partial charge in [-0.25, -0.2) is 0 Å². The van der Waals surface area contributed by atoms with E-state index in [9.17, 15) is 10.1 Å². The summed E-state index contributed by atoms with van der Waals surface area (Å²) < 4.78 is 6.58. The third kappa shape index (κ3) is 3.72. The van der Waals surface area contributed by atoms with E-state index in [-0.39, 0.29) is 17.5 Å². The predicted molar refractivity (Wildman–Crippen MR) is 84.9 cm³/mol. The van der Waals surface area contributed by atoms with E-state index in [4.69, 9.17) is 22.1 Å². The number of halogens is 2. The number of nitro groups is 1. The van der Waals surface area contributed by atoms with Crippen LogP contribution in [0.4, 0.5) is 5.69 Å². The zero-order valence-electron chi connectivity index (χ0n) is 11.0. The minimum atomic E-state index is -0.503. The Labute approximate surface area is 134 Å². The Morgan fingerprint density at radius 2 is 2.00 bits per heavy atom. The lowest BCUT2D eigenvalue weighted by Gasteiger charge is -2.15. The number of nitro benzene ring substituents is 1. The van der Waals surface area contributed by atoms with Gasteiger partial charge in [0.05, 0.1) is 16.0 Å². The molecular formula is C14H12BrClN2O3. The molecule has 0 amide bonds. The molecule has 1 atom stereocenters. The van der Waals surface area contributed by atoms with Crippen molar-refractivity contribution in [1.82, 2.24) is 0 Å². The lowest BCUT2D eigenvalue weighted by atomic mass is 10.1. The van der Waals surface area contributed by atoms with Gasteiger partial charge in [-0.3, -0.25) is 10.1 Å². The van der Waals surface area contributed by atoms with Gasteiger partial charge >= 0.3 is 0 Å². The highest BCUT2D eigenvalue weighted by Crippen LogP contribution is 2.36. The van der Waals surface area contributed by atoms with Crippen molar-refractivity contribution in [2.24, 2.45) is 5.73 Å². The van der Waals surface area contributed by atoms with Gasteiger partial charge in [0.15, 0.2) is 5.75 Å². The molecule has 2 N–H and O–H groups in total. The second kappa shape index (κ2) is 6.43. The number of nitrogens with zero attached hydrogens (tertiary/aromatic N) is 1. The van der Waals surface area contributed by atoms with Crippen molar-refractivity contribution < 1.29 is 9.66 Å². The summed E-state index contributed by atoms with van der Waals surface area (Å²) in [4.78, 5) is 10.3. The van der Waals surface area contributed by atoms with Gasteiger partial charge in [-0.1, -0.05) is 27.5 Å². The molecule has 0 fully saturated rings. The summed E-state index contributed by atoms with van der Waals surface area (Å²) >= 11 is 9.39. The summed E-state index contributed by atoms with van der Waals surface area (Å²) in [5.74, 6) is 0.727. The van der Waals surface area contributed by atoms with E-state index < -0.39 is 4.92 Å². The van der Waals surface area contributed by atoms with Crippen molar-refractivity contribution in [2.45, 2.75) is 13.0 Å². The van der Waals surface area contributed by atoms with Crippen LogP contribution in [0.25, 0.3) is 0 Å². The molecule has 0 spiro atoms. The summed E-state index contributed by atoms with van der Waals surface area (Å²) in [6.07, 6.45) is 0. The fourth-order valence-electron chi connectivity index (χ4n) is 1.77. The second-order valence-electron chi connectivity index (χ2n) is 4.44. The topological polar surface area (TPSA) is 78.4 Å². The first-order valence-corrected chi connectivity index (χ1v) is 7.22. The average molecular weight is 372 g/mol. The van der Waals surface area contributed by atoms with Crippen LogP contribution in [-0.2, 0) is 0 Å². The molecule has 0 radical (unpaired) electrons. The molecule has 2 rings (SSSR count). The zero-order chi connectivity index (χ0) is 15.6. The fourth-order valence-corrected chi connectivity index (χ4v) is 2.31. The Kier molecular flexibility index (Phi) is 4.82. The van der Waals surface area contributed by atoms with Crippen LogP contribution in [0.2, 0.25) is 5.02 Å². The molecule has 2 aromatic rings. The van der Waals surface area contributed by atoms with Gasteiger partial charge in [-0.2, -0.15) is 0 Å². The molecule has 1 unspecified atom stereocenters. The quantitative estimate of drug-likeness (QED) is 0.617. The van der Waals surface area contributed by atoms with E-state index in [0.29, 0.717) is 10.8 Å². The molecule has 0 bridgehead atoms. The standard InChI is InChI=1S/C14H12BrClN2O3/c1-8(17)11-6-9(15)2-5-13(11)21-14-7-10(18(19)20)3-4-12(14)16/h2-8H,17H2,1H3. The van der Waals surface area contributed by atoms with E-state index in [1.54, 1.807) is 12.1 Å². The van der Waals surface area contributed by atoms with E-state index >= 15 is 0 Å². The minimum absolute atomic E-state index is 0.0890. The van der Waals surface area contributed by atoms with Gasteiger partial charge in [0, 0.05) is 22.1 Å². The Morgan fingerprint density at radius 1 is 1.29 bits per heavy atom. The smallest absolute Gasteiger partial charge is 0.273 e. The van der Waals surface area contributed by atoms with Gasteiger partial charge < -0.3 is 10.5 Å². The highest BCUT2D eigenvalue weighted by molar-refractivity contribution is 9.10. The highest BCUT2D eigenvalue weighted by Gasteiger charge is 2.15. The first kappa shape index (κ1) is 15.8. The molecule has 0 aliphatic carbocycles. The highest BCUT2D eigenvalue weighted by atomic mass is 79.9. The number of hydrogen-bond acceptors (Lipinski definition) is 4. The van der Waals surface area contributed by atoms with Crippen molar-refractivity contribution >= 4 is 33.2 Å². The van der Waals surface area contributed by atoms with Gasteiger partial charge in [-0.05, 0) is 31.2 Å². The molecule has 0 saturated carbocycles. The van der Waals surface area contributed by atoms with Crippen LogP contribution >= 0.6 is 27.5 Å². The van der Waals surface area contributed by atoms with Crippen molar-refractivity contribution in [3.05, 3.63) is 61.6 Å². The van der Waals surface area contributed by atoms with Crippen LogP contribution in [0.15, 0.2) is 40.9 Å². The lowest BCUT2D eigenvalue weighted by Crippen LogP contribution is -2.06. The maximum atomic E-state index is 10.8. The van der Waals surface area contributed by atoms with Crippen LogP contribution < -0.4 is 10.5 Å².